The van der Waals surface area contributed by atoms with E-state index in [1.54, 1.807) is 11.3 Å². The second kappa shape index (κ2) is 7.78. The number of carbonyl (C=O) groups is 1. The minimum absolute atomic E-state index is 0.116. The molecule has 0 spiro atoms. The van der Waals surface area contributed by atoms with Gasteiger partial charge in [-0.15, -0.1) is 11.3 Å². The third-order valence-electron chi connectivity index (χ3n) is 4.64. The van der Waals surface area contributed by atoms with Gasteiger partial charge in [-0.1, -0.05) is 36.8 Å². The SMILES string of the molecule is CC(CCc1ccccc1)NC(=O)c1csc2c1CCCCC2. The van der Waals surface area contributed by atoms with Gasteiger partial charge in [0.15, 0.2) is 0 Å². The molecule has 1 unspecified atom stereocenters. The van der Waals surface area contributed by atoms with Crippen molar-refractivity contribution in [1.82, 2.24) is 5.32 Å². The predicted octanol–water partition coefficient (Wildman–Crippen LogP) is 4.77. The Morgan fingerprint density at radius 1 is 1.17 bits per heavy atom. The molecule has 23 heavy (non-hydrogen) atoms. The van der Waals surface area contributed by atoms with Gasteiger partial charge in [0.25, 0.3) is 5.91 Å². The van der Waals surface area contributed by atoms with Gasteiger partial charge < -0.3 is 5.32 Å². The number of carbonyl (C=O) groups excluding carboxylic acids is 1. The van der Waals surface area contributed by atoms with Crippen molar-refractivity contribution in [3.63, 3.8) is 0 Å². The Labute approximate surface area is 142 Å². The summed E-state index contributed by atoms with van der Waals surface area (Å²) in [5.41, 5.74) is 3.58. The van der Waals surface area contributed by atoms with E-state index in [1.807, 2.05) is 6.07 Å². The fraction of sp³-hybridized carbons (Fsp3) is 0.450. The zero-order valence-corrected chi connectivity index (χ0v) is 14.6. The number of benzene rings is 1. The number of nitrogens with one attached hydrogen (secondary N) is 1. The summed E-state index contributed by atoms with van der Waals surface area (Å²) >= 11 is 1.77. The highest BCUT2D eigenvalue weighted by molar-refractivity contribution is 7.10. The summed E-state index contributed by atoms with van der Waals surface area (Å²) in [6.45, 7) is 2.10. The van der Waals surface area contributed by atoms with E-state index in [1.165, 1.54) is 35.3 Å². The van der Waals surface area contributed by atoms with E-state index in [0.717, 1.165) is 31.2 Å². The fourth-order valence-corrected chi connectivity index (χ4v) is 4.39. The van der Waals surface area contributed by atoms with Crippen molar-refractivity contribution in [2.75, 3.05) is 0 Å². The molecule has 0 fully saturated rings. The Bertz CT molecular complexity index is 647. The summed E-state index contributed by atoms with van der Waals surface area (Å²) in [5, 5.41) is 5.26. The van der Waals surface area contributed by atoms with Crippen LogP contribution in [-0.4, -0.2) is 11.9 Å². The first-order chi connectivity index (χ1) is 11.2. The molecule has 3 heteroatoms. The van der Waals surface area contributed by atoms with Crippen LogP contribution in [0.5, 0.6) is 0 Å². The second-order valence-corrected chi connectivity index (χ2v) is 7.47. The van der Waals surface area contributed by atoms with Crippen molar-refractivity contribution in [3.05, 3.63) is 57.3 Å². The van der Waals surface area contributed by atoms with Crippen LogP contribution in [0.2, 0.25) is 0 Å². The van der Waals surface area contributed by atoms with Crippen molar-refractivity contribution in [2.24, 2.45) is 0 Å². The third kappa shape index (κ3) is 4.23. The molecule has 1 N–H and O–H groups in total. The van der Waals surface area contributed by atoms with E-state index >= 15 is 0 Å². The van der Waals surface area contributed by atoms with Crippen molar-refractivity contribution in [2.45, 2.75) is 57.9 Å². The van der Waals surface area contributed by atoms with Crippen LogP contribution in [0, 0.1) is 0 Å². The Morgan fingerprint density at radius 3 is 2.78 bits per heavy atom. The van der Waals surface area contributed by atoms with E-state index in [0.29, 0.717) is 0 Å². The van der Waals surface area contributed by atoms with E-state index in [2.05, 4.69) is 41.9 Å². The molecule has 1 aromatic carbocycles. The summed E-state index contributed by atoms with van der Waals surface area (Å²) in [6.07, 6.45) is 7.97. The Morgan fingerprint density at radius 2 is 1.96 bits per heavy atom. The zero-order chi connectivity index (χ0) is 16.1. The minimum atomic E-state index is 0.116. The van der Waals surface area contributed by atoms with Crippen molar-refractivity contribution in [1.29, 1.82) is 0 Å². The van der Waals surface area contributed by atoms with Crippen molar-refractivity contribution >= 4 is 17.2 Å². The van der Waals surface area contributed by atoms with Crippen LogP contribution in [0.3, 0.4) is 0 Å². The van der Waals surface area contributed by atoms with Gasteiger partial charge in [0.2, 0.25) is 0 Å². The van der Waals surface area contributed by atoms with Crippen LogP contribution < -0.4 is 5.32 Å². The molecule has 0 saturated carbocycles. The van der Waals surface area contributed by atoms with Gasteiger partial charge in [-0.3, -0.25) is 4.79 Å². The number of amides is 1. The molecule has 1 aliphatic carbocycles. The number of fused-ring (bicyclic) bond motifs is 1. The number of rotatable bonds is 5. The molecular weight excluding hydrogens is 302 g/mol. The number of aryl methyl sites for hydroxylation is 2. The van der Waals surface area contributed by atoms with Crippen LogP contribution >= 0.6 is 11.3 Å². The lowest BCUT2D eigenvalue weighted by molar-refractivity contribution is 0.0938. The monoisotopic (exact) mass is 327 g/mol. The maximum Gasteiger partial charge on any atom is 0.252 e. The molecule has 2 aromatic rings. The average molecular weight is 327 g/mol. The normalized spacial score (nSPS) is 15.5. The van der Waals surface area contributed by atoms with Crippen LogP contribution in [0.4, 0.5) is 0 Å². The molecule has 0 bridgehead atoms. The Kier molecular flexibility index (Phi) is 5.50. The molecule has 1 heterocycles. The van der Waals surface area contributed by atoms with Gasteiger partial charge in [0.05, 0.1) is 5.56 Å². The number of hydrogen-bond donors (Lipinski definition) is 1. The van der Waals surface area contributed by atoms with Crippen molar-refractivity contribution in [3.8, 4) is 0 Å². The maximum absolute atomic E-state index is 12.6. The van der Waals surface area contributed by atoms with Gasteiger partial charge in [0.1, 0.15) is 0 Å². The molecule has 122 valence electrons. The summed E-state index contributed by atoms with van der Waals surface area (Å²) in [4.78, 5) is 14.0. The average Bonchev–Trinajstić information content (AvgIpc) is 2.83. The molecule has 1 atom stereocenters. The number of thiophene rings is 1. The minimum Gasteiger partial charge on any atom is -0.350 e. The van der Waals surface area contributed by atoms with Gasteiger partial charge >= 0.3 is 0 Å². The fourth-order valence-electron chi connectivity index (χ4n) is 3.26. The first-order valence-corrected chi connectivity index (χ1v) is 9.56. The highest BCUT2D eigenvalue weighted by Gasteiger charge is 2.20. The van der Waals surface area contributed by atoms with E-state index in [-0.39, 0.29) is 11.9 Å². The molecular formula is C20H25NOS. The van der Waals surface area contributed by atoms with Gasteiger partial charge in [-0.05, 0) is 56.6 Å². The molecule has 0 radical (unpaired) electrons. The molecule has 3 rings (SSSR count). The topological polar surface area (TPSA) is 29.1 Å². The van der Waals surface area contributed by atoms with Gasteiger partial charge in [-0.2, -0.15) is 0 Å². The molecule has 1 amide bonds. The summed E-state index contributed by atoms with van der Waals surface area (Å²) in [5.74, 6) is 0.116. The van der Waals surface area contributed by atoms with Crippen LogP contribution in [0.1, 0.15) is 59.0 Å². The second-order valence-electron chi connectivity index (χ2n) is 6.51. The first kappa shape index (κ1) is 16.3. The zero-order valence-electron chi connectivity index (χ0n) is 13.8. The van der Waals surface area contributed by atoms with Crippen LogP contribution in [0.15, 0.2) is 35.7 Å². The molecule has 2 nitrogen and oxygen atoms in total. The van der Waals surface area contributed by atoms with Crippen LogP contribution in [-0.2, 0) is 19.3 Å². The molecule has 1 aliphatic rings. The molecule has 0 saturated heterocycles. The highest BCUT2D eigenvalue weighted by Crippen LogP contribution is 2.29. The van der Waals surface area contributed by atoms with E-state index in [4.69, 9.17) is 0 Å². The lowest BCUT2D eigenvalue weighted by Gasteiger charge is -2.14. The van der Waals surface area contributed by atoms with Gasteiger partial charge in [0, 0.05) is 16.3 Å². The quantitative estimate of drug-likeness (QED) is 0.788. The first-order valence-electron chi connectivity index (χ1n) is 8.68. The standard InChI is InChI=1S/C20H25NOS/c1-15(12-13-16-8-4-2-5-9-16)21-20(22)18-14-23-19-11-7-3-6-10-17(18)19/h2,4-5,8-9,14-15H,3,6-7,10-13H2,1H3,(H,21,22). The smallest absolute Gasteiger partial charge is 0.252 e. The third-order valence-corrected chi connectivity index (χ3v) is 5.73. The van der Waals surface area contributed by atoms with E-state index in [9.17, 15) is 4.79 Å². The number of hydrogen-bond acceptors (Lipinski definition) is 2. The lowest BCUT2D eigenvalue weighted by atomic mass is 10.0. The Balaban J connectivity index is 1.57. The largest absolute Gasteiger partial charge is 0.350 e. The molecule has 0 aliphatic heterocycles. The van der Waals surface area contributed by atoms with Crippen molar-refractivity contribution < 1.29 is 4.79 Å². The summed E-state index contributed by atoms with van der Waals surface area (Å²) in [6, 6.07) is 10.7. The maximum atomic E-state index is 12.6. The van der Waals surface area contributed by atoms with E-state index < -0.39 is 0 Å². The molecule has 1 aromatic heterocycles. The lowest BCUT2D eigenvalue weighted by Crippen LogP contribution is -2.33. The summed E-state index contributed by atoms with van der Waals surface area (Å²) < 4.78 is 0. The highest BCUT2D eigenvalue weighted by atomic mass is 32.1. The summed E-state index contributed by atoms with van der Waals surface area (Å²) in [7, 11) is 0. The predicted molar refractivity (Wildman–Crippen MR) is 97.3 cm³/mol. The van der Waals surface area contributed by atoms with Crippen LogP contribution in [0.25, 0.3) is 0 Å². The Hall–Kier alpha value is -1.61. The van der Waals surface area contributed by atoms with Gasteiger partial charge in [-0.25, -0.2) is 0 Å².